The molecule has 1 aliphatic carbocycles. The first-order valence-corrected chi connectivity index (χ1v) is 10.8. The lowest BCUT2D eigenvalue weighted by molar-refractivity contribution is 0.0963. The summed E-state index contributed by atoms with van der Waals surface area (Å²) >= 11 is 0. The molecule has 5 heteroatoms. The van der Waals surface area contributed by atoms with E-state index in [9.17, 15) is 4.79 Å². The molecule has 5 nitrogen and oxygen atoms in total. The van der Waals surface area contributed by atoms with Crippen molar-refractivity contribution in [2.24, 2.45) is 0 Å². The molecular formula is C25H26N4O. The van der Waals surface area contributed by atoms with Gasteiger partial charge in [0.05, 0.1) is 11.3 Å². The van der Waals surface area contributed by atoms with Crippen LogP contribution in [0.25, 0.3) is 0 Å². The number of Topliss-reactive ketones (excluding diaryl/α,β-unsaturated/α-hetero) is 1. The largest absolute Gasteiger partial charge is 0.341 e. The predicted molar refractivity (Wildman–Crippen MR) is 120 cm³/mol. The van der Waals surface area contributed by atoms with Gasteiger partial charge in [-0.15, -0.1) is 0 Å². The lowest BCUT2D eigenvalue weighted by atomic mass is 9.82. The van der Waals surface area contributed by atoms with Gasteiger partial charge in [-0.3, -0.25) is 4.79 Å². The van der Waals surface area contributed by atoms with Crippen LogP contribution in [-0.4, -0.2) is 28.8 Å². The van der Waals surface area contributed by atoms with E-state index in [0.717, 1.165) is 49.7 Å². The Morgan fingerprint density at radius 1 is 0.833 bits per heavy atom. The Hall–Kier alpha value is -3.21. The summed E-state index contributed by atoms with van der Waals surface area (Å²) in [5.74, 6) is 1.67. The van der Waals surface area contributed by atoms with E-state index in [0.29, 0.717) is 17.8 Å². The van der Waals surface area contributed by atoms with Gasteiger partial charge in [-0.25, -0.2) is 4.98 Å². The van der Waals surface area contributed by atoms with Crippen molar-refractivity contribution in [3.63, 3.8) is 0 Å². The number of nitrogens with one attached hydrogen (secondary N) is 1. The molecule has 2 aromatic carbocycles. The predicted octanol–water partition coefficient (Wildman–Crippen LogP) is 5.12. The van der Waals surface area contributed by atoms with Crippen LogP contribution in [0.2, 0.25) is 0 Å². The van der Waals surface area contributed by atoms with Gasteiger partial charge in [0.1, 0.15) is 5.82 Å². The second kappa shape index (κ2) is 8.27. The Labute approximate surface area is 177 Å². The summed E-state index contributed by atoms with van der Waals surface area (Å²) in [7, 11) is 0. The van der Waals surface area contributed by atoms with E-state index in [1.165, 1.54) is 12.0 Å². The number of piperidine rings is 1. The summed E-state index contributed by atoms with van der Waals surface area (Å²) in [6.07, 6.45) is 4.83. The topological polar surface area (TPSA) is 58.1 Å². The number of aromatic nitrogens is 2. The summed E-state index contributed by atoms with van der Waals surface area (Å²) in [6.45, 7) is 1.94. The van der Waals surface area contributed by atoms with Crippen molar-refractivity contribution in [3.8, 4) is 0 Å². The third-order valence-electron chi connectivity index (χ3n) is 6.07. The molecule has 1 aliphatic heterocycles. The number of carbonyl (C=O) groups excluding carboxylic acids is 1. The molecule has 1 fully saturated rings. The number of ketones is 1. The zero-order valence-electron chi connectivity index (χ0n) is 17.1. The van der Waals surface area contributed by atoms with Gasteiger partial charge in [-0.1, -0.05) is 48.5 Å². The normalized spacial score (nSPS) is 18.7. The second-order valence-electron chi connectivity index (χ2n) is 8.17. The quantitative estimate of drug-likeness (QED) is 0.661. The van der Waals surface area contributed by atoms with Gasteiger partial charge in [0.2, 0.25) is 5.95 Å². The fourth-order valence-electron chi connectivity index (χ4n) is 4.51. The van der Waals surface area contributed by atoms with Crippen molar-refractivity contribution >= 4 is 23.2 Å². The zero-order chi connectivity index (χ0) is 20.3. The van der Waals surface area contributed by atoms with Crippen molar-refractivity contribution in [3.05, 3.63) is 77.5 Å². The molecule has 0 bridgehead atoms. The van der Waals surface area contributed by atoms with Gasteiger partial charge in [0.25, 0.3) is 0 Å². The van der Waals surface area contributed by atoms with E-state index in [1.807, 2.05) is 48.5 Å². The van der Waals surface area contributed by atoms with Crippen LogP contribution in [-0.2, 0) is 6.42 Å². The van der Waals surface area contributed by atoms with Crippen molar-refractivity contribution < 1.29 is 4.79 Å². The van der Waals surface area contributed by atoms with Crippen LogP contribution in [0.15, 0.2) is 60.7 Å². The monoisotopic (exact) mass is 398 g/mol. The molecule has 5 rings (SSSR count). The molecule has 1 aromatic heterocycles. The smallest absolute Gasteiger partial charge is 0.227 e. The first-order chi connectivity index (χ1) is 14.8. The SMILES string of the molecule is O=C1C[C@@H](c2ccccc2)Cc2nc(N3CCCCC3)nc(Nc3ccccc3)c21. The first kappa shape index (κ1) is 18.8. The molecule has 0 amide bonds. The summed E-state index contributed by atoms with van der Waals surface area (Å²) in [5.41, 5.74) is 3.66. The van der Waals surface area contributed by atoms with Crippen LogP contribution in [0.4, 0.5) is 17.5 Å². The highest BCUT2D eigenvalue weighted by Gasteiger charge is 2.32. The van der Waals surface area contributed by atoms with Crippen LogP contribution < -0.4 is 10.2 Å². The molecular weight excluding hydrogens is 372 g/mol. The Bertz CT molecular complexity index is 1030. The molecule has 1 atom stereocenters. The summed E-state index contributed by atoms with van der Waals surface area (Å²) < 4.78 is 0. The maximum Gasteiger partial charge on any atom is 0.227 e. The third kappa shape index (κ3) is 3.80. The number of fused-ring (bicyclic) bond motifs is 1. The molecule has 2 heterocycles. The minimum absolute atomic E-state index is 0.119. The van der Waals surface area contributed by atoms with Crippen LogP contribution in [0.5, 0.6) is 0 Å². The number of benzene rings is 2. The average molecular weight is 399 g/mol. The molecule has 30 heavy (non-hydrogen) atoms. The fourth-order valence-corrected chi connectivity index (χ4v) is 4.51. The summed E-state index contributed by atoms with van der Waals surface area (Å²) in [5, 5.41) is 3.40. The van der Waals surface area contributed by atoms with E-state index in [2.05, 4.69) is 22.3 Å². The molecule has 0 radical (unpaired) electrons. The molecule has 1 N–H and O–H groups in total. The first-order valence-electron chi connectivity index (χ1n) is 10.8. The van der Waals surface area contributed by atoms with Crippen LogP contribution in [0.1, 0.15) is 53.2 Å². The van der Waals surface area contributed by atoms with Crippen LogP contribution in [0, 0.1) is 0 Å². The number of hydrogen-bond acceptors (Lipinski definition) is 5. The molecule has 0 unspecified atom stereocenters. The van der Waals surface area contributed by atoms with Gasteiger partial charge >= 0.3 is 0 Å². The van der Waals surface area contributed by atoms with Crippen molar-refractivity contribution in [1.82, 2.24) is 9.97 Å². The van der Waals surface area contributed by atoms with Gasteiger partial charge in [-0.05, 0) is 49.3 Å². The van der Waals surface area contributed by atoms with E-state index >= 15 is 0 Å². The maximum atomic E-state index is 13.2. The third-order valence-corrected chi connectivity index (χ3v) is 6.07. The Kier molecular flexibility index (Phi) is 5.18. The standard InChI is InChI=1S/C25H26N4O/c30-22-17-19(18-10-4-1-5-11-18)16-21-23(22)24(26-20-12-6-2-7-13-20)28-25(27-21)29-14-8-3-9-15-29/h1-2,4-7,10-13,19H,3,8-9,14-17H2,(H,26,27,28)/t19-/m0/s1. The molecule has 1 saturated heterocycles. The number of hydrogen-bond donors (Lipinski definition) is 1. The molecule has 3 aromatic rings. The van der Waals surface area contributed by atoms with Crippen molar-refractivity contribution in [2.45, 2.75) is 38.0 Å². The number of para-hydroxylation sites is 1. The molecule has 152 valence electrons. The van der Waals surface area contributed by atoms with Crippen molar-refractivity contribution in [1.29, 1.82) is 0 Å². The molecule has 2 aliphatic rings. The van der Waals surface area contributed by atoms with Crippen LogP contribution in [0.3, 0.4) is 0 Å². The van der Waals surface area contributed by atoms with Gasteiger partial charge in [0, 0.05) is 25.2 Å². The van der Waals surface area contributed by atoms with E-state index < -0.39 is 0 Å². The van der Waals surface area contributed by atoms with Gasteiger partial charge < -0.3 is 10.2 Å². The Morgan fingerprint density at radius 2 is 1.53 bits per heavy atom. The lowest BCUT2D eigenvalue weighted by Gasteiger charge is -2.30. The van der Waals surface area contributed by atoms with Gasteiger partial charge in [-0.2, -0.15) is 4.98 Å². The molecule has 0 spiro atoms. The number of carbonyl (C=O) groups is 1. The van der Waals surface area contributed by atoms with E-state index in [4.69, 9.17) is 9.97 Å². The average Bonchev–Trinajstić information content (AvgIpc) is 2.80. The van der Waals surface area contributed by atoms with Crippen molar-refractivity contribution in [2.75, 3.05) is 23.3 Å². The Balaban J connectivity index is 1.56. The number of anilines is 3. The minimum Gasteiger partial charge on any atom is -0.341 e. The highest BCUT2D eigenvalue weighted by molar-refractivity contribution is 6.03. The minimum atomic E-state index is 0.119. The second-order valence-corrected chi connectivity index (χ2v) is 8.17. The summed E-state index contributed by atoms with van der Waals surface area (Å²) in [6, 6.07) is 20.2. The maximum absolute atomic E-state index is 13.2. The van der Waals surface area contributed by atoms with E-state index in [-0.39, 0.29) is 11.7 Å². The number of nitrogens with zero attached hydrogens (tertiary/aromatic N) is 3. The van der Waals surface area contributed by atoms with Gasteiger partial charge in [0.15, 0.2) is 5.78 Å². The highest BCUT2D eigenvalue weighted by atomic mass is 16.1. The zero-order valence-corrected chi connectivity index (χ0v) is 17.1. The summed E-state index contributed by atoms with van der Waals surface area (Å²) in [4.78, 5) is 25.3. The highest BCUT2D eigenvalue weighted by Crippen LogP contribution is 2.36. The van der Waals surface area contributed by atoms with Crippen LogP contribution >= 0.6 is 0 Å². The fraction of sp³-hybridized carbons (Fsp3) is 0.320. The Morgan fingerprint density at radius 3 is 2.27 bits per heavy atom. The molecule has 0 saturated carbocycles. The lowest BCUT2D eigenvalue weighted by Crippen LogP contribution is -2.32. The van der Waals surface area contributed by atoms with E-state index in [1.54, 1.807) is 0 Å². The number of rotatable bonds is 4.